The molecule has 0 saturated heterocycles. The molecule has 1 aliphatic carbocycles. The van der Waals surface area contributed by atoms with Crippen LogP contribution in [-0.2, 0) is 36.7 Å². The summed E-state index contributed by atoms with van der Waals surface area (Å²) in [5.41, 5.74) is 4.71. The smallest absolute Gasteiger partial charge is 0.336 e. The van der Waals surface area contributed by atoms with Crippen molar-refractivity contribution >= 4 is 28.6 Å². The van der Waals surface area contributed by atoms with Crippen molar-refractivity contribution in [3.05, 3.63) is 84.3 Å². The maximum absolute atomic E-state index is 13.0. The SMILES string of the molecule is O=C(O)COC(C(=O)O)C(OCCCCCc1ccc2coccc1-2)C(=O)NCCCCCc1ccc2ccccc2c1. The number of carbonyl (C=O) groups is 3. The largest absolute Gasteiger partial charge is 0.480 e. The molecule has 2 aromatic rings. The predicted molar refractivity (Wildman–Crippen MR) is 162 cm³/mol. The fourth-order valence-corrected chi connectivity index (χ4v) is 5.19. The Hall–Kier alpha value is -4.21. The molecule has 1 aliphatic heterocycles. The molecule has 9 heteroatoms. The quantitative estimate of drug-likeness (QED) is 0.118. The molecule has 2 aromatic carbocycles. The van der Waals surface area contributed by atoms with E-state index in [-0.39, 0.29) is 6.61 Å². The van der Waals surface area contributed by atoms with E-state index in [1.807, 2.05) is 24.3 Å². The highest BCUT2D eigenvalue weighted by Gasteiger charge is 2.36. The predicted octanol–water partition coefficient (Wildman–Crippen LogP) is 5.72. The van der Waals surface area contributed by atoms with Gasteiger partial charge in [-0.3, -0.25) is 4.79 Å². The monoisotopic (exact) mass is 589 g/mol. The van der Waals surface area contributed by atoms with Crippen molar-refractivity contribution < 1.29 is 38.5 Å². The molecule has 0 saturated carbocycles. The van der Waals surface area contributed by atoms with Crippen LogP contribution in [0, 0.1) is 0 Å². The van der Waals surface area contributed by atoms with Gasteiger partial charge in [-0.15, -0.1) is 0 Å². The van der Waals surface area contributed by atoms with Crippen LogP contribution in [0.5, 0.6) is 0 Å². The van der Waals surface area contributed by atoms with Crippen LogP contribution in [0.2, 0.25) is 0 Å². The molecule has 4 rings (SSSR count). The Morgan fingerprint density at radius 3 is 2.40 bits per heavy atom. The number of carboxylic acids is 2. The van der Waals surface area contributed by atoms with E-state index in [9.17, 15) is 19.5 Å². The summed E-state index contributed by atoms with van der Waals surface area (Å²) in [5.74, 6) is -3.40. The fourth-order valence-electron chi connectivity index (χ4n) is 5.19. The number of unbranched alkanes of at least 4 members (excludes halogenated alkanes) is 4. The maximum Gasteiger partial charge on any atom is 0.336 e. The van der Waals surface area contributed by atoms with Gasteiger partial charge in [-0.2, -0.15) is 0 Å². The van der Waals surface area contributed by atoms with E-state index in [4.69, 9.17) is 19.0 Å². The van der Waals surface area contributed by atoms with Gasteiger partial charge in [0.15, 0.2) is 12.2 Å². The summed E-state index contributed by atoms with van der Waals surface area (Å²) in [6.45, 7) is -0.354. The Morgan fingerprint density at radius 2 is 1.58 bits per heavy atom. The van der Waals surface area contributed by atoms with Crippen molar-refractivity contribution in [2.75, 3.05) is 19.8 Å². The summed E-state index contributed by atoms with van der Waals surface area (Å²) in [6.07, 6.45) is 6.82. The number of hydrogen-bond donors (Lipinski definition) is 3. The lowest BCUT2D eigenvalue weighted by atomic mass is 10.0. The normalized spacial score (nSPS) is 12.7. The molecule has 43 heavy (non-hydrogen) atoms. The van der Waals surface area contributed by atoms with E-state index in [0.717, 1.165) is 49.7 Å². The van der Waals surface area contributed by atoms with E-state index in [1.54, 1.807) is 12.5 Å². The Morgan fingerprint density at radius 1 is 0.791 bits per heavy atom. The van der Waals surface area contributed by atoms with E-state index in [1.165, 1.54) is 21.9 Å². The molecule has 3 N–H and O–H groups in total. The minimum atomic E-state index is -1.73. The summed E-state index contributed by atoms with van der Waals surface area (Å²) in [6, 6.07) is 20.7. The van der Waals surface area contributed by atoms with Gasteiger partial charge >= 0.3 is 11.9 Å². The van der Waals surface area contributed by atoms with Gasteiger partial charge in [-0.25, -0.2) is 9.59 Å². The number of rotatable bonds is 19. The van der Waals surface area contributed by atoms with Crippen LogP contribution in [-0.4, -0.2) is 60.0 Å². The third-order valence-electron chi connectivity index (χ3n) is 7.44. The molecule has 228 valence electrons. The van der Waals surface area contributed by atoms with Crippen molar-refractivity contribution in [3.63, 3.8) is 0 Å². The van der Waals surface area contributed by atoms with E-state index < -0.39 is 36.7 Å². The van der Waals surface area contributed by atoms with Crippen LogP contribution in [0.25, 0.3) is 21.9 Å². The van der Waals surface area contributed by atoms with Crippen molar-refractivity contribution in [1.29, 1.82) is 0 Å². The first kappa shape index (κ1) is 31.7. The van der Waals surface area contributed by atoms with Crippen LogP contribution in [0.15, 0.2) is 77.6 Å². The topological polar surface area (TPSA) is 135 Å². The number of benzene rings is 2. The maximum atomic E-state index is 13.0. The average Bonchev–Trinajstić information content (AvgIpc) is 3.42. The minimum absolute atomic E-state index is 0.144. The molecule has 2 unspecified atom stereocenters. The van der Waals surface area contributed by atoms with Crippen LogP contribution in [0.1, 0.15) is 49.7 Å². The Labute approximate surface area is 251 Å². The number of aliphatic carboxylic acids is 2. The summed E-state index contributed by atoms with van der Waals surface area (Å²) in [7, 11) is 0. The van der Waals surface area contributed by atoms with Gasteiger partial charge in [0, 0.05) is 18.7 Å². The van der Waals surface area contributed by atoms with Gasteiger partial charge in [-0.05, 0) is 72.1 Å². The minimum Gasteiger partial charge on any atom is -0.480 e. The number of amides is 1. The molecule has 1 heterocycles. The zero-order valence-electron chi connectivity index (χ0n) is 24.2. The molecule has 0 spiro atoms. The number of fused-ring (bicyclic) bond motifs is 2. The molecular weight excluding hydrogens is 550 g/mol. The summed E-state index contributed by atoms with van der Waals surface area (Å²) >= 11 is 0. The van der Waals surface area contributed by atoms with E-state index >= 15 is 0 Å². The number of carboxylic acid groups (broad SMARTS) is 2. The molecule has 0 bridgehead atoms. The molecule has 2 atom stereocenters. The Balaban J connectivity index is 1.20. The second kappa shape index (κ2) is 16.4. The summed E-state index contributed by atoms with van der Waals surface area (Å²) in [4.78, 5) is 35.9. The highest BCUT2D eigenvalue weighted by Crippen LogP contribution is 2.28. The standard InChI is InChI=1S/C34H39NO8/c36-30(37)23-43-32(34(39)40)31(42-19-8-2-4-11-26-15-16-28-22-41-20-17-29(26)28)33(38)35-18-7-1-3-9-24-13-14-25-10-5-6-12-27(25)21-24/h5-6,10,12-17,20-22,31-32H,1-4,7-9,11,18-19,23H2,(H,35,38)(H,36,37)(H,39,40). The van der Waals surface area contributed by atoms with Gasteiger partial charge in [0.25, 0.3) is 5.91 Å². The lowest BCUT2D eigenvalue weighted by Gasteiger charge is -2.23. The average molecular weight is 590 g/mol. The molecule has 0 fully saturated rings. The Kier molecular flexibility index (Phi) is 12.1. The number of hydrogen-bond acceptors (Lipinski definition) is 6. The highest BCUT2D eigenvalue weighted by molar-refractivity contribution is 5.88. The summed E-state index contributed by atoms with van der Waals surface area (Å²) < 4.78 is 16.0. The van der Waals surface area contributed by atoms with Crippen LogP contribution in [0.3, 0.4) is 0 Å². The zero-order chi connectivity index (χ0) is 30.4. The van der Waals surface area contributed by atoms with Gasteiger partial charge in [0.1, 0.15) is 6.61 Å². The van der Waals surface area contributed by atoms with Gasteiger partial charge in [0.2, 0.25) is 0 Å². The van der Waals surface area contributed by atoms with Crippen LogP contribution >= 0.6 is 0 Å². The lowest BCUT2D eigenvalue weighted by Crippen LogP contribution is -2.49. The number of carbonyl (C=O) groups excluding carboxylic acids is 1. The van der Waals surface area contributed by atoms with Gasteiger partial charge in [0.05, 0.1) is 12.5 Å². The van der Waals surface area contributed by atoms with Crippen molar-refractivity contribution in [2.24, 2.45) is 0 Å². The first-order valence-corrected chi connectivity index (χ1v) is 14.8. The second-order valence-corrected chi connectivity index (χ2v) is 10.6. The molecule has 9 nitrogen and oxygen atoms in total. The third kappa shape index (κ3) is 9.66. The highest BCUT2D eigenvalue weighted by atomic mass is 16.6. The van der Waals surface area contributed by atoms with Crippen molar-refractivity contribution in [2.45, 2.75) is 63.6 Å². The first-order valence-electron chi connectivity index (χ1n) is 14.8. The van der Waals surface area contributed by atoms with Crippen molar-refractivity contribution in [1.82, 2.24) is 5.32 Å². The number of aryl methyl sites for hydroxylation is 2. The number of ether oxygens (including phenoxy) is 2. The van der Waals surface area contributed by atoms with Crippen LogP contribution in [0.4, 0.5) is 0 Å². The first-order chi connectivity index (χ1) is 20.9. The van der Waals surface area contributed by atoms with Gasteiger partial charge < -0.3 is 29.4 Å². The Bertz CT molecular complexity index is 1450. The zero-order valence-corrected chi connectivity index (χ0v) is 24.2. The molecule has 2 aliphatic rings. The van der Waals surface area contributed by atoms with Crippen molar-refractivity contribution in [3.8, 4) is 11.1 Å². The summed E-state index contributed by atoms with van der Waals surface area (Å²) in [5, 5.41) is 23.8. The molecular formula is C34H39NO8. The molecule has 1 amide bonds. The number of nitrogens with one attached hydrogen (secondary N) is 1. The van der Waals surface area contributed by atoms with Gasteiger partial charge in [-0.1, -0.05) is 67.4 Å². The van der Waals surface area contributed by atoms with E-state index in [2.05, 4.69) is 41.7 Å². The molecule has 0 radical (unpaired) electrons. The third-order valence-corrected chi connectivity index (χ3v) is 7.44. The second-order valence-electron chi connectivity index (χ2n) is 10.6. The van der Waals surface area contributed by atoms with E-state index in [0.29, 0.717) is 19.4 Å². The van der Waals surface area contributed by atoms with Crippen LogP contribution < -0.4 is 5.32 Å². The molecule has 0 aromatic heterocycles. The fraction of sp³-hybridized carbons (Fsp3) is 0.382. The lowest BCUT2D eigenvalue weighted by molar-refractivity contribution is -0.172.